The number of piperidine rings is 1. The molecule has 0 radical (unpaired) electrons. The lowest BCUT2D eigenvalue weighted by atomic mass is 9.98. The fraction of sp³-hybridized carbons (Fsp3) is 0.286. The van der Waals surface area contributed by atoms with Crippen molar-refractivity contribution < 1.29 is 13.9 Å². The summed E-state index contributed by atoms with van der Waals surface area (Å²) in [6.07, 6.45) is 3.31. The Hall–Kier alpha value is -3.22. The van der Waals surface area contributed by atoms with Gasteiger partial charge in [-0.25, -0.2) is 4.39 Å². The van der Waals surface area contributed by atoms with Crippen molar-refractivity contribution in [2.45, 2.75) is 12.8 Å². The molecule has 1 saturated heterocycles. The van der Waals surface area contributed by atoms with Crippen LogP contribution in [0, 0.1) is 11.7 Å². The zero-order valence-corrected chi connectivity index (χ0v) is 15.4. The highest BCUT2D eigenvalue weighted by Gasteiger charge is 2.27. The van der Waals surface area contributed by atoms with E-state index in [9.17, 15) is 9.18 Å². The third-order valence-corrected chi connectivity index (χ3v) is 4.81. The molecule has 2 heterocycles. The highest BCUT2D eigenvalue weighted by molar-refractivity contribution is 5.92. The Bertz CT molecular complexity index is 944. The predicted octanol–water partition coefficient (Wildman–Crippen LogP) is 3.34. The molecule has 0 bridgehead atoms. The normalized spacial score (nSPS) is 16.8. The van der Waals surface area contributed by atoms with Crippen LogP contribution >= 0.6 is 0 Å². The van der Waals surface area contributed by atoms with Crippen LogP contribution < -0.4 is 4.74 Å². The van der Waals surface area contributed by atoms with E-state index in [1.807, 2.05) is 30.3 Å². The second-order valence-electron chi connectivity index (χ2n) is 6.85. The molecule has 4 rings (SSSR count). The lowest BCUT2D eigenvalue weighted by Crippen LogP contribution is -2.41. The van der Waals surface area contributed by atoms with E-state index < -0.39 is 5.82 Å². The lowest BCUT2D eigenvalue weighted by molar-refractivity contribution is 0.0627. The molecule has 1 unspecified atom stereocenters. The van der Waals surface area contributed by atoms with Gasteiger partial charge in [0.05, 0.1) is 12.8 Å². The molecular formula is C21H21FN4O2. The summed E-state index contributed by atoms with van der Waals surface area (Å²) < 4.78 is 19.7. The van der Waals surface area contributed by atoms with Crippen LogP contribution in [0.25, 0.3) is 5.69 Å². The van der Waals surface area contributed by atoms with Gasteiger partial charge in [0.1, 0.15) is 11.4 Å². The molecule has 0 spiro atoms. The molecule has 1 atom stereocenters. The average Bonchev–Trinajstić information content (AvgIpc) is 3.23. The molecule has 1 amide bonds. The number of aromatic nitrogens is 3. The number of likely N-dealkylation sites (tertiary alicyclic amines) is 1. The number of rotatable bonds is 5. The second kappa shape index (κ2) is 8.21. The van der Waals surface area contributed by atoms with E-state index >= 15 is 0 Å². The van der Waals surface area contributed by atoms with E-state index in [1.54, 1.807) is 23.1 Å². The molecule has 0 N–H and O–H groups in total. The number of carbonyl (C=O) groups is 1. The number of nitrogens with zero attached hydrogens (tertiary/aromatic N) is 4. The summed E-state index contributed by atoms with van der Waals surface area (Å²) in [5, 5.41) is 8.23. The Kier molecular flexibility index (Phi) is 5.32. The molecular weight excluding hydrogens is 359 g/mol. The third kappa shape index (κ3) is 4.03. The first-order valence-electron chi connectivity index (χ1n) is 9.35. The maximum atomic E-state index is 13.9. The number of hydrogen-bond donors (Lipinski definition) is 0. The SMILES string of the molecule is O=C(c1cnn(-c2ccccc2F)n1)N1CCCC(COc2ccccc2)C1. The standard InChI is InChI=1S/C21H21FN4O2/c22-18-10-4-5-11-20(18)26-23-13-19(24-26)21(27)25-12-6-7-16(14-25)15-28-17-8-2-1-3-9-17/h1-5,8-11,13,16H,6-7,12,14-15H2. The Morgan fingerprint density at radius 2 is 1.93 bits per heavy atom. The van der Waals surface area contributed by atoms with Crippen molar-refractivity contribution in [3.8, 4) is 11.4 Å². The maximum Gasteiger partial charge on any atom is 0.276 e. The van der Waals surface area contributed by atoms with Crippen LogP contribution in [0.1, 0.15) is 23.3 Å². The van der Waals surface area contributed by atoms with Gasteiger partial charge in [0, 0.05) is 19.0 Å². The lowest BCUT2D eigenvalue weighted by Gasteiger charge is -2.32. The van der Waals surface area contributed by atoms with Crippen molar-refractivity contribution in [3.63, 3.8) is 0 Å². The van der Waals surface area contributed by atoms with Crippen LogP contribution in [0.15, 0.2) is 60.8 Å². The molecule has 0 saturated carbocycles. The van der Waals surface area contributed by atoms with Gasteiger partial charge < -0.3 is 9.64 Å². The molecule has 2 aromatic carbocycles. The van der Waals surface area contributed by atoms with Crippen LogP contribution in [-0.2, 0) is 0 Å². The fourth-order valence-electron chi connectivity index (χ4n) is 3.37. The molecule has 6 nitrogen and oxygen atoms in total. The Balaban J connectivity index is 1.40. The van der Waals surface area contributed by atoms with Gasteiger partial charge in [0.2, 0.25) is 0 Å². The average molecular weight is 380 g/mol. The number of halogens is 1. The highest BCUT2D eigenvalue weighted by atomic mass is 19.1. The summed E-state index contributed by atoms with van der Waals surface area (Å²) in [6.45, 7) is 1.85. The largest absolute Gasteiger partial charge is 0.493 e. The molecule has 1 fully saturated rings. The monoisotopic (exact) mass is 380 g/mol. The van der Waals surface area contributed by atoms with Crippen LogP contribution in [0.2, 0.25) is 0 Å². The molecule has 0 aliphatic carbocycles. The summed E-state index contributed by atoms with van der Waals surface area (Å²) in [4.78, 5) is 15.8. The number of amides is 1. The summed E-state index contributed by atoms with van der Waals surface area (Å²) in [5.74, 6) is 0.471. The summed E-state index contributed by atoms with van der Waals surface area (Å²) in [5.41, 5.74) is 0.433. The van der Waals surface area contributed by atoms with Crippen LogP contribution in [-0.4, -0.2) is 45.5 Å². The van der Waals surface area contributed by atoms with Crippen LogP contribution in [0.4, 0.5) is 4.39 Å². The van der Waals surface area contributed by atoms with Gasteiger partial charge in [-0.2, -0.15) is 5.10 Å². The van der Waals surface area contributed by atoms with E-state index in [-0.39, 0.29) is 23.2 Å². The Morgan fingerprint density at radius 1 is 1.14 bits per heavy atom. The molecule has 1 aromatic heterocycles. The van der Waals surface area contributed by atoms with E-state index in [0.717, 1.165) is 23.4 Å². The minimum absolute atomic E-state index is 0.188. The van der Waals surface area contributed by atoms with Crippen LogP contribution in [0.3, 0.4) is 0 Å². The second-order valence-corrected chi connectivity index (χ2v) is 6.85. The fourth-order valence-corrected chi connectivity index (χ4v) is 3.37. The number of benzene rings is 2. The number of para-hydroxylation sites is 2. The number of hydrogen-bond acceptors (Lipinski definition) is 4. The van der Waals surface area contributed by atoms with Crippen molar-refractivity contribution in [1.82, 2.24) is 19.9 Å². The summed E-state index contributed by atoms with van der Waals surface area (Å²) in [7, 11) is 0. The molecule has 1 aliphatic rings. The first-order chi connectivity index (χ1) is 13.7. The zero-order chi connectivity index (χ0) is 19.3. The summed E-state index contributed by atoms with van der Waals surface area (Å²) >= 11 is 0. The summed E-state index contributed by atoms with van der Waals surface area (Å²) in [6, 6.07) is 15.9. The van der Waals surface area contributed by atoms with E-state index in [4.69, 9.17) is 4.74 Å². The zero-order valence-electron chi connectivity index (χ0n) is 15.4. The molecule has 144 valence electrons. The van der Waals surface area contributed by atoms with Crippen molar-refractivity contribution >= 4 is 5.91 Å². The van der Waals surface area contributed by atoms with Crippen molar-refractivity contribution in [3.05, 3.63) is 72.3 Å². The predicted molar refractivity (Wildman–Crippen MR) is 102 cm³/mol. The topological polar surface area (TPSA) is 60.2 Å². The minimum Gasteiger partial charge on any atom is -0.493 e. The minimum atomic E-state index is -0.437. The van der Waals surface area contributed by atoms with Crippen molar-refractivity contribution in [2.24, 2.45) is 5.92 Å². The molecule has 7 heteroatoms. The van der Waals surface area contributed by atoms with E-state index in [2.05, 4.69) is 10.2 Å². The smallest absolute Gasteiger partial charge is 0.276 e. The molecule has 3 aromatic rings. The van der Waals surface area contributed by atoms with Gasteiger partial charge in [0.15, 0.2) is 11.5 Å². The highest BCUT2D eigenvalue weighted by Crippen LogP contribution is 2.20. The van der Waals surface area contributed by atoms with Gasteiger partial charge >= 0.3 is 0 Å². The number of carbonyl (C=O) groups excluding carboxylic acids is 1. The van der Waals surface area contributed by atoms with Gasteiger partial charge in [-0.1, -0.05) is 30.3 Å². The first-order valence-corrected chi connectivity index (χ1v) is 9.35. The Morgan fingerprint density at radius 3 is 2.75 bits per heavy atom. The quantitative estimate of drug-likeness (QED) is 0.681. The van der Waals surface area contributed by atoms with Crippen molar-refractivity contribution in [1.29, 1.82) is 0 Å². The van der Waals surface area contributed by atoms with E-state index in [1.165, 1.54) is 12.3 Å². The van der Waals surface area contributed by atoms with Crippen LogP contribution in [0.5, 0.6) is 5.75 Å². The van der Waals surface area contributed by atoms with E-state index in [0.29, 0.717) is 19.7 Å². The van der Waals surface area contributed by atoms with Gasteiger partial charge in [-0.3, -0.25) is 4.79 Å². The molecule has 28 heavy (non-hydrogen) atoms. The molecule has 1 aliphatic heterocycles. The Labute approximate surface area is 162 Å². The third-order valence-electron chi connectivity index (χ3n) is 4.81. The van der Waals surface area contributed by atoms with Gasteiger partial charge in [-0.15, -0.1) is 9.90 Å². The van der Waals surface area contributed by atoms with Gasteiger partial charge in [-0.05, 0) is 37.1 Å². The number of ether oxygens (including phenoxy) is 1. The first kappa shape index (κ1) is 18.2. The van der Waals surface area contributed by atoms with Crippen molar-refractivity contribution in [2.75, 3.05) is 19.7 Å². The maximum absolute atomic E-state index is 13.9. The van der Waals surface area contributed by atoms with Gasteiger partial charge in [0.25, 0.3) is 5.91 Å².